The molecule has 17 heavy (non-hydrogen) atoms. The van der Waals surface area contributed by atoms with Crippen LogP contribution in [0.25, 0.3) is 0 Å². The molecule has 0 bridgehead atoms. The van der Waals surface area contributed by atoms with E-state index in [1.165, 1.54) is 0 Å². The van der Waals surface area contributed by atoms with Crippen LogP contribution in [0.1, 0.15) is 33.6 Å². The Morgan fingerprint density at radius 3 is 2.71 bits per heavy atom. The van der Waals surface area contributed by atoms with Crippen LogP contribution in [-0.4, -0.2) is 44.7 Å². The molecule has 0 aliphatic carbocycles. The Kier molecular flexibility index (Phi) is 5.89. The van der Waals surface area contributed by atoms with Gasteiger partial charge in [-0.1, -0.05) is 20.8 Å². The van der Waals surface area contributed by atoms with Gasteiger partial charge >= 0.3 is 0 Å². The molecule has 0 saturated carbocycles. The van der Waals surface area contributed by atoms with Crippen LogP contribution in [0.3, 0.4) is 0 Å². The van der Waals surface area contributed by atoms with Gasteiger partial charge in [0.15, 0.2) is 0 Å². The van der Waals surface area contributed by atoms with Gasteiger partial charge in [0.2, 0.25) is 10.0 Å². The lowest BCUT2D eigenvalue weighted by Crippen LogP contribution is -2.44. The monoisotopic (exact) mass is 262 g/mol. The molecule has 0 amide bonds. The number of rotatable bonds is 6. The van der Waals surface area contributed by atoms with E-state index in [-0.39, 0.29) is 11.7 Å². The van der Waals surface area contributed by atoms with E-state index in [0.29, 0.717) is 19.0 Å². The molecule has 1 aliphatic rings. The summed E-state index contributed by atoms with van der Waals surface area (Å²) in [6, 6.07) is 0. The minimum absolute atomic E-state index is 0.203. The molecule has 0 aromatic carbocycles. The van der Waals surface area contributed by atoms with Crippen LogP contribution in [-0.2, 0) is 10.0 Å². The third-order valence-corrected chi connectivity index (χ3v) is 5.31. The first-order valence-electron chi connectivity index (χ1n) is 6.64. The lowest BCUT2D eigenvalue weighted by Gasteiger charge is -2.32. The van der Waals surface area contributed by atoms with Gasteiger partial charge in [0, 0.05) is 13.1 Å². The molecule has 0 aromatic rings. The molecule has 1 rings (SSSR count). The number of nitrogens with one attached hydrogen (secondary N) is 1. The van der Waals surface area contributed by atoms with Crippen LogP contribution in [0.4, 0.5) is 0 Å². The van der Waals surface area contributed by atoms with Gasteiger partial charge in [-0.05, 0) is 37.8 Å². The number of hydrogen-bond donors (Lipinski definition) is 1. The van der Waals surface area contributed by atoms with Crippen LogP contribution in [0, 0.1) is 11.8 Å². The quantitative estimate of drug-likeness (QED) is 0.785. The predicted molar refractivity (Wildman–Crippen MR) is 71.5 cm³/mol. The second-order valence-electron chi connectivity index (χ2n) is 5.35. The normalized spacial score (nSPS) is 23.2. The van der Waals surface area contributed by atoms with Crippen molar-refractivity contribution >= 4 is 10.0 Å². The van der Waals surface area contributed by atoms with Gasteiger partial charge in [0.05, 0.1) is 5.75 Å². The van der Waals surface area contributed by atoms with Crippen molar-refractivity contribution in [2.45, 2.75) is 33.6 Å². The van der Waals surface area contributed by atoms with E-state index >= 15 is 0 Å². The van der Waals surface area contributed by atoms with Crippen molar-refractivity contribution in [3.05, 3.63) is 0 Å². The van der Waals surface area contributed by atoms with E-state index < -0.39 is 10.0 Å². The summed E-state index contributed by atoms with van der Waals surface area (Å²) in [5.74, 6) is 0.959. The maximum Gasteiger partial charge on any atom is 0.214 e. The van der Waals surface area contributed by atoms with Crippen molar-refractivity contribution in [1.82, 2.24) is 9.62 Å². The summed E-state index contributed by atoms with van der Waals surface area (Å²) in [4.78, 5) is 0. The Hall–Kier alpha value is -0.130. The SMILES string of the molecule is CCNCC1CCCN(S(=O)(=O)CC(C)C)C1. The number of hydrogen-bond acceptors (Lipinski definition) is 3. The molecule has 1 N–H and O–H groups in total. The van der Waals surface area contributed by atoms with Gasteiger partial charge in [-0.2, -0.15) is 0 Å². The summed E-state index contributed by atoms with van der Waals surface area (Å²) in [7, 11) is -3.03. The molecule has 1 atom stereocenters. The Morgan fingerprint density at radius 2 is 2.12 bits per heavy atom. The molecule has 0 radical (unpaired) electrons. The van der Waals surface area contributed by atoms with E-state index in [9.17, 15) is 8.42 Å². The first kappa shape index (κ1) is 14.9. The predicted octanol–water partition coefficient (Wildman–Crippen LogP) is 1.29. The Labute approximate surface area is 106 Å². The van der Waals surface area contributed by atoms with Gasteiger partial charge in [0.1, 0.15) is 0 Å². The van der Waals surface area contributed by atoms with E-state index in [2.05, 4.69) is 12.2 Å². The zero-order valence-electron chi connectivity index (χ0n) is 11.3. The van der Waals surface area contributed by atoms with Crippen molar-refractivity contribution in [3.8, 4) is 0 Å². The van der Waals surface area contributed by atoms with E-state index in [0.717, 1.165) is 25.9 Å². The molecule has 102 valence electrons. The highest BCUT2D eigenvalue weighted by molar-refractivity contribution is 7.89. The molecular formula is C12H26N2O2S. The second-order valence-corrected chi connectivity index (χ2v) is 7.36. The van der Waals surface area contributed by atoms with Crippen molar-refractivity contribution in [3.63, 3.8) is 0 Å². The zero-order chi connectivity index (χ0) is 12.9. The lowest BCUT2D eigenvalue weighted by molar-refractivity contribution is 0.260. The molecule has 1 heterocycles. The van der Waals surface area contributed by atoms with Gasteiger partial charge in [-0.3, -0.25) is 0 Å². The van der Waals surface area contributed by atoms with E-state index in [4.69, 9.17) is 0 Å². The Morgan fingerprint density at radius 1 is 1.41 bits per heavy atom. The van der Waals surface area contributed by atoms with E-state index in [1.807, 2.05) is 13.8 Å². The highest BCUT2D eigenvalue weighted by atomic mass is 32.2. The van der Waals surface area contributed by atoms with Gasteiger partial charge < -0.3 is 5.32 Å². The molecule has 1 fully saturated rings. The summed E-state index contributed by atoms with van der Waals surface area (Å²) < 4.78 is 25.9. The van der Waals surface area contributed by atoms with Crippen LogP contribution in [0.2, 0.25) is 0 Å². The van der Waals surface area contributed by atoms with Crippen LogP contribution in [0.5, 0.6) is 0 Å². The van der Waals surface area contributed by atoms with Crippen LogP contribution >= 0.6 is 0 Å². The summed E-state index contributed by atoms with van der Waals surface area (Å²) in [5, 5.41) is 3.31. The van der Waals surface area contributed by atoms with Gasteiger partial charge in [0.25, 0.3) is 0 Å². The minimum Gasteiger partial charge on any atom is -0.317 e. The van der Waals surface area contributed by atoms with Crippen LogP contribution in [0.15, 0.2) is 0 Å². The molecule has 1 saturated heterocycles. The lowest BCUT2D eigenvalue weighted by atomic mass is 10.00. The third-order valence-electron chi connectivity index (χ3n) is 3.10. The fraction of sp³-hybridized carbons (Fsp3) is 1.00. The molecule has 5 heteroatoms. The first-order valence-corrected chi connectivity index (χ1v) is 8.25. The molecule has 1 unspecified atom stereocenters. The smallest absolute Gasteiger partial charge is 0.214 e. The maximum absolute atomic E-state index is 12.1. The third kappa shape index (κ3) is 4.94. The standard InChI is InChI=1S/C12H26N2O2S/c1-4-13-8-12-6-5-7-14(9-12)17(15,16)10-11(2)3/h11-13H,4-10H2,1-3H3. The van der Waals surface area contributed by atoms with Gasteiger partial charge in [-0.25, -0.2) is 12.7 Å². The zero-order valence-corrected chi connectivity index (χ0v) is 12.1. The Balaban J connectivity index is 2.53. The maximum atomic E-state index is 12.1. The molecule has 1 aliphatic heterocycles. The largest absolute Gasteiger partial charge is 0.317 e. The first-order chi connectivity index (χ1) is 7.95. The number of nitrogens with zero attached hydrogens (tertiary/aromatic N) is 1. The van der Waals surface area contributed by atoms with Crippen molar-refractivity contribution in [2.75, 3.05) is 31.9 Å². The molecule has 4 nitrogen and oxygen atoms in total. The summed E-state index contributed by atoms with van der Waals surface area (Å²) in [6.45, 7) is 9.28. The average molecular weight is 262 g/mol. The topological polar surface area (TPSA) is 49.4 Å². The van der Waals surface area contributed by atoms with Crippen molar-refractivity contribution in [1.29, 1.82) is 0 Å². The highest BCUT2D eigenvalue weighted by Gasteiger charge is 2.28. The van der Waals surface area contributed by atoms with E-state index in [1.54, 1.807) is 4.31 Å². The van der Waals surface area contributed by atoms with Gasteiger partial charge in [-0.15, -0.1) is 0 Å². The fourth-order valence-electron chi connectivity index (χ4n) is 2.32. The molecular weight excluding hydrogens is 236 g/mol. The number of sulfonamides is 1. The van der Waals surface area contributed by atoms with Crippen molar-refractivity contribution in [2.24, 2.45) is 11.8 Å². The minimum atomic E-state index is -3.03. The summed E-state index contributed by atoms with van der Waals surface area (Å²) >= 11 is 0. The second kappa shape index (κ2) is 6.71. The summed E-state index contributed by atoms with van der Waals surface area (Å²) in [6.07, 6.45) is 2.13. The molecule has 0 aromatic heterocycles. The van der Waals surface area contributed by atoms with Crippen LogP contribution < -0.4 is 5.32 Å². The number of piperidine rings is 1. The highest BCUT2D eigenvalue weighted by Crippen LogP contribution is 2.20. The fourth-order valence-corrected chi connectivity index (χ4v) is 4.22. The molecule has 0 spiro atoms. The average Bonchev–Trinajstić information content (AvgIpc) is 2.25. The Bertz CT molecular complexity index is 314. The summed E-state index contributed by atoms with van der Waals surface area (Å²) in [5.41, 5.74) is 0. The van der Waals surface area contributed by atoms with Crippen molar-refractivity contribution < 1.29 is 8.42 Å².